The fraction of sp³-hybridized carbons (Fsp3) is 0.625. The third-order valence-corrected chi connectivity index (χ3v) is 3.82. The van der Waals surface area contributed by atoms with Crippen molar-refractivity contribution in [2.45, 2.75) is 58.0 Å². The molecule has 0 saturated heterocycles. The third kappa shape index (κ3) is 3.47. The highest BCUT2D eigenvalue weighted by Gasteiger charge is 2.31. The van der Waals surface area contributed by atoms with Crippen LogP contribution in [0.15, 0.2) is 18.2 Å². The quantitative estimate of drug-likeness (QED) is 0.817. The fourth-order valence-electron chi connectivity index (χ4n) is 2.58. The molecule has 0 amide bonds. The molecule has 0 radical (unpaired) electrons. The zero-order valence-corrected chi connectivity index (χ0v) is 12.0. The van der Waals surface area contributed by atoms with E-state index in [9.17, 15) is 4.39 Å². The van der Waals surface area contributed by atoms with E-state index in [0.717, 1.165) is 37.1 Å². The van der Waals surface area contributed by atoms with E-state index in [1.165, 1.54) is 12.8 Å². The van der Waals surface area contributed by atoms with Gasteiger partial charge in [-0.2, -0.15) is 0 Å². The monoisotopic (exact) mass is 264 g/mol. The average Bonchev–Trinajstić information content (AvgIpc) is 3.21. The predicted molar refractivity (Wildman–Crippen MR) is 79.0 cm³/mol. The van der Waals surface area contributed by atoms with E-state index in [0.29, 0.717) is 6.04 Å². The molecule has 0 aliphatic heterocycles. The molecule has 1 aliphatic carbocycles. The van der Waals surface area contributed by atoms with Crippen molar-refractivity contribution in [1.29, 1.82) is 0 Å². The minimum Gasteiger partial charge on any atom is -0.366 e. The van der Waals surface area contributed by atoms with Crippen LogP contribution in [-0.4, -0.2) is 18.6 Å². The molecule has 2 nitrogen and oxygen atoms in total. The van der Waals surface area contributed by atoms with Crippen LogP contribution in [0.3, 0.4) is 0 Å². The summed E-state index contributed by atoms with van der Waals surface area (Å²) in [5.74, 6) is -0.0962. The molecule has 0 bridgehead atoms. The van der Waals surface area contributed by atoms with Gasteiger partial charge in [-0.1, -0.05) is 26.0 Å². The third-order valence-electron chi connectivity index (χ3n) is 3.82. The van der Waals surface area contributed by atoms with Crippen LogP contribution in [0.5, 0.6) is 0 Å². The van der Waals surface area contributed by atoms with Crippen molar-refractivity contribution in [1.82, 2.24) is 0 Å². The lowest BCUT2D eigenvalue weighted by Gasteiger charge is -2.28. The van der Waals surface area contributed by atoms with Crippen molar-refractivity contribution < 1.29 is 4.39 Å². The number of halogens is 1. The maximum absolute atomic E-state index is 14.3. The van der Waals surface area contributed by atoms with Gasteiger partial charge in [0.1, 0.15) is 5.82 Å². The van der Waals surface area contributed by atoms with Gasteiger partial charge in [0, 0.05) is 18.6 Å². The Bertz CT molecular complexity index is 415. The first-order valence-corrected chi connectivity index (χ1v) is 7.47. The zero-order valence-electron chi connectivity index (χ0n) is 12.0. The molecule has 1 atom stereocenters. The van der Waals surface area contributed by atoms with Crippen LogP contribution < -0.4 is 10.6 Å². The Hall–Kier alpha value is -1.09. The summed E-state index contributed by atoms with van der Waals surface area (Å²) in [6.45, 7) is 5.15. The molecule has 1 aromatic carbocycles. The summed E-state index contributed by atoms with van der Waals surface area (Å²) < 4.78 is 14.3. The van der Waals surface area contributed by atoms with Crippen molar-refractivity contribution >= 4 is 5.69 Å². The van der Waals surface area contributed by atoms with E-state index >= 15 is 0 Å². The second kappa shape index (κ2) is 6.38. The van der Waals surface area contributed by atoms with E-state index < -0.39 is 0 Å². The van der Waals surface area contributed by atoms with E-state index in [1.54, 1.807) is 12.1 Å². The Morgan fingerprint density at radius 1 is 1.37 bits per heavy atom. The maximum Gasteiger partial charge on any atom is 0.146 e. The summed E-state index contributed by atoms with van der Waals surface area (Å²) in [5.41, 5.74) is 7.91. The minimum absolute atomic E-state index is 0.0962. The number of rotatable bonds is 7. The van der Waals surface area contributed by atoms with Crippen LogP contribution in [0.25, 0.3) is 0 Å². The number of anilines is 1. The van der Waals surface area contributed by atoms with Crippen molar-refractivity contribution in [3.63, 3.8) is 0 Å². The highest BCUT2D eigenvalue weighted by atomic mass is 19.1. The van der Waals surface area contributed by atoms with Gasteiger partial charge >= 0.3 is 0 Å². The van der Waals surface area contributed by atoms with E-state index in [2.05, 4.69) is 18.7 Å². The van der Waals surface area contributed by atoms with Gasteiger partial charge in [-0.05, 0) is 43.7 Å². The highest BCUT2D eigenvalue weighted by molar-refractivity contribution is 5.57. The van der Waals surface area contributed by atoms with Crippen LogP contribution in [0.1, 0.15) is 45.1 Å². The molecule has 1 aliphatic rings. The van der Waals surface area contributed by atoms with Gasteiger partial charge in [0.2, 0.25) is 0 Å². The first-order chi connectivity index (χ1) is 9.17. The summed E-state index contributed by atoms with van der Waals surface area (Å²) >= 11 is 0. The molecule has 1 aromatic rings. The van der Waals surface area contributed by atoms with Gasteiger partial charge in [-0.25, -0.2) is 4.39 Å². The van der Waals surface area contributed by atoms with Crippen LogP contribution in [0, 0.1) is 5.82 Å². The highest BCUT2D eigenvalue weighted by Crippen LogP contribution is 2.35. The molecule has 2 rings (SSSR count). The van der Waals surface area contributed by atoms with Crippen molar-refractivity contribution in [3.8, 4) is 0 Å². The van der Waals surface area contributed by atoms with Gasteiger partial charge in [0.05, 0.1) is 5.69 Å². The number of hydrogen-bond donors (Lipinski definition) is 1. The molecule has 1 saturated carbocycles. The predicted octanol–water partition coefficient (Wildman–Crippen LogP) is 3.48. The average molecular weight is 264 g/mol. The molecule has 0 spiro atoms. The molecular formula is C16H25FN2. The molecule has 1 fully saturated rings. The Morgan fingerprint density at radius 2 is 2.11 bits per heavy atom. The van der Waals surface area contributed by atoms with E-state index in [1.807, 2.05) is 6.07 Å². The number of benzene rings is 1. The zero-order chi connectivity index (χ0) is 13.8. The summed E-state index contributed by atoms with van der Waals surface area (Å²) in [4.78, 5) is 2.26. The Balaban J connectivity index is 2.29. The lowest BCUT2D eigenvalue weighted by Crippen LogP contribution is -2.30. The minimum atomic E-state index is -0.0962. The standard InChI is InChI=1S/C16H25FN2/c1-3-10-19(14-8-9-14)16-12(11-13(18)4-2)6-5-7-15(16)17/h5-7,13-14H,3-4,8-11,18H2,1-2H3. The summed E-state index contributed by atoms with van der Waals surface area (Å²) in [7, 11) is 0. The van der Waals surface area contributed by atoms with Gasteiger partial charge in [0.25, 0.3) is 0 Å². The van der Waals surface area contributed by atoms with Gasteiger partial charge in [-0.3, -0.25) is 0 Å². The number of nitrogens with two attached hydrogens (primary N) is 1. The first kappa shape index (κ1) is 14.3. The van der Waals surface area contributed by atoms with Crippen molar-refractivity contribution in [2.75, 3.05) is 11.4 Å². The smallest absolute Gasteiger partial charge is 0.146 e. The van der Waals surface area contributed by atoms with Crippen molar-refractivity contribution in [3.05, 3.63) is 29.6 Å². The summed E-state index contributed by atoms with van der Waals surface area (Å²) in [6.07, 6.45) is 5.11. The normalized spacial score (nSPS) is 16.4. The van der Waals surface area contributed by atoms with Gasteiger partial charge < -0.3 is 10.6 Å². The summed E-state index contributed by atoms with van der Waals surface area (Å²) in [5, 5.41) is 0. The molecule has 106 valence electrons. The SMILES string of the molecule is CCCN(c1c(F)cccc1CC(N)CC)C1CC1. The molecule has 1 unspecified atom stereocenters. The molecule has 0 aromatic heterocycles. The maximum atomic E-state index is 14.3. The number of nitrogens with zero attached hydrogens (tertiary/aromatic N) is 1. The van der Waals surface area contributed by atoms with Crippen molar-refractivity contribution in [2.24, 2.45) is 5.73 Å². The Morgan fingerprint density at radius 3 is 2.68 bits per heavy atom. The molecule has 3 heteroatoms. The second-order valence-corrected chi connectivity index (χ2v) is 5.54. The molecule has 2 N–H and O–H groups in total. The van der Waals surface area contributed by atoms with Crippen LogP contribution in [0.2, 0.25) is 0 Å². The topological polar surface area (TPSA) is 29.3 Å². The fourth-order valence-corrected chi connectivity index (χ4v) is 2.58. The van der Waals surface area contributed by atoms with Gasteiger partial charge in [0.15, 0.2) is 0 Å². The van der Waals surface area contributed by atoms with E-state index in [4.69, 9.17) is 5.73 Å². The Kier molecular flexibility index (Phi) is 4.81. The van der Waals surface area contributed by atoms with Crippen LogP contribution in [-0.2, 0) is 6.42 Å². The number of para-hydroxylation sites is 1. The van der Waals surface area contributed by atoms with Crippen LogP contribution >= 0.6 is 0 Å². The Labute approximate surface area is 115 Å². The lowest BCUT2D eigenvalue weighted by atomic mass is 10.0. The lowest BCUT2D eigenvalue weighted by molar-refractivity contribution is 0.600. The summed E-state index contributed by atoms with van der Waals surface area (Å²) in [6, 6.07) is 6.05. The molecule has 0 heterocycles. The number of hydrogen-bond acceptors (Lipinski definition) is 2. The first-order valence-electron chi connectivity index (χ1n) is 7.47. The second-order valence-electron chi connectivity index (χ2n) is 5.54. The van der Waals surface area contributed by atoms with Gasteiger partial charge in [-0.15, -0.1) is 0 Å². The largest absolute Gasteiger partial charge is 0.366 e. The van der Waals surface area contributed by atoms with Crippen LogP contribution in [0.4, 0.5) is 10.1 Å². The molecular weight excluding hydrogens is 239 g/mol. The molecule has 19 heavy (non-hydrogen) atoms. The van der Waals surface area contributed by atoms with E-state index in [-0.39, 0.29) is 11.9 Å².